The van der Waals surface area contributed by atoms with Crippen LogP contribution in [0.2, 0.25) is 0 Å². The molecular weight excluding hydrogens is 310 g/mol. The van der Waals surface area contributed by atoms with E-state index in [1.165, 1.54) is 12.1 Å². The molecule has 0 aliphatic carbocycles. The molecule has 1 aromatic rings. The molecule has 0 amide bonds. The number of carbonyl (C=O) groups is 1. The van der Waals surface area contributed by atoms with Gasteiger partial charge in [-0.1, -0.05) is 26.3 Å². The number of sulfonamides is 1. The fourth-order valence-corrected chi connectivity index (χ4v) is 3.59. The number of hydrogen-bond donors (Lipinski definition) is 2. The Bertz CT molecular complexity index is 657. The van der Waals surface area contributed by atoms with E-state index in [1.807, 2.05) is 0 Å². The molecule has 0 bridgehead atoms. The Labute approximate surface area is 129 Å². The van der Waals surface area contributed by atoms with Crippen molar-refractivity contribution in [2.75, 3.05) is 13.2 Å². The van der Waals surface area contributed by atoms with Crippen LogP contribution in [0.5, 0.6) is 11.5 Å². The van der Waals surface area contributed by atoms with Gasteiger partial charge in [-0.25, -0.2) is 8.42 Å². The fraction of sp³-hybridized carbons (Fsp3) is 0.500. The number of fused-ring (bicyclic) bond motifs is 1. The number of aliphatic carboxylic acids is 1. The molecule has 1 aliphatic heterocycles. The van der Waals surface area contributed by atoms with Gasteiger partial charge in [-0.2, -0.15) is 4.72 Å². The van der Waals surface area contributed by atoms with E-state index in [1.54, 1.807) is 19.9 Å². The SMILES string of the molecule is CC[C@H](C)[C@H](NS(=O)(=O)c1cccc2c1OCCO2)C(=O)O. The number of para-hydroxylation sites is 1. The Balaban J connectivity index is 2.36. The Kier molecular flexibility index (Phi) is 4.92. The third-order valence-corrected chi connectivity index (χ3v) is 5.05. The van der Waals surface area contributed by atoms with E-state index in [0.717, 1.165) is 0 Å². The molecule has 22 heavy (non-hydrogen) atoms. The van der Waals surface area contributed by atoms with Crippen molar-refractivity contribution >= 4 is 16.0 Å². The van der Waals surface area contributed by atoms with Gasteiger partial charge in [0.15, 0.2) is 11.5 Å². The number of benzene rings is 1. The highest BCUT2D eigenvalue weighted by Crippen LogP contribution is 2.36. The summed E-state index contributed by atoms with van der Waals surface area (Å²) in [6.45, 7) is 4.07. The van der Waals surface area contributed by atoms with Crippen LogP contribution in [-0.2, 0) is 14.8 Å². The van der Waals surface area contributed by atoms with Crippen molar-refractivity contribution in [3.8, 4) is 11.5 Å². The van der Waals surface area contributed by atoms with Crippen LogP contribution in [0.4, 0.5) is 0 Å². The molecule has 2 N–H and O–H groups in total. The van der Waals surface area contributed by atoms with Gasteiger partial charge in [0, 0.05) is 0 Å². The van der Waals surface area contributed by atoms with Crippen LogP contribution in [-0.4, -0.2) is 38.7 Å². The van der Waals surface area contributed by atoms with Gasteiger partial charge in [0.25, 0.3) is 0 Å². The first-order valence-electron chi connectivity index (χ1n) is 7.00. The van der Waals surface area contributed by atoms with Crippen molar-refractivity contribution in [1.82, 2.24) is 4.72 Å². The Morgan fingerprint density at radius 3 is 2.68 bits per heavy atom. The van der Waals surface area contributed by atoms with Gasteiger partial charge in [-0.05, 0) is 18.1 Å². The Morgan fingerprint density at radius 1 is 1.36 bits per heavy atom. The smallest absolute Gasteiger partial charge is 0.322 e. The number of hydrogen-bond acceptors (Lipinski definition) is 5. The number of carboxylic acid groups (broad SMARTS) is 1. The lowest BCUT2D eigenvalue weighted by Gasteiger charge is -2.23. The van der Waals surface area contributed by atoms with Crippen LogP contribution in [0, 0.1) is 5.92 Å². The molecule has 122 valence electrons. The molecule has 0 saturated heterocycles. The number of carboxylic acids is 1. The van der Waals surface area contributed by atoms with E-state index in [9.17, 15) is 18.3 Å². The summed E-state index contributed by atoms with van der Waals surface area (Å²) >= 11 is 0. The molecule has 0 unspecified atom stereocenters. The van der Waals surface area contributed by atoms with Gasteiger partial charge < -0.3 is 14.6 Å². The average Bonchev–Trinajstić information content (AvgIpc) is 2.51. The van der Waals surface area contributed by atoms with Crippen molar-refractivity contribution in [1.29, 1.82) is 0 Å². The molecule has 0 aromatic heterocycles. The minimum absolute atomic E-state index is 0.112. The van der Waals surface area contributed by atoms with E-state index >= 15 is 0 Å². The number of rotatable bonds is 6. The van der Waals surface area contributed by atoms with E-state index in [4.69, 9.17) is 9.47 Å². The minimum atomic E-state index is -4.04. The average molecular weight is 329 g/mol. The quantitative estimate of drug-likeness (QED) is 0.814. The van der Waals surface area contributed by atoms with Gasteiger partial charge in [0.05, 0.1) is 0 Å². The summed E-state index contributed by atoms with van der Waals surface area (Å²) in [7, 11) is -4.04. The van der Waals surface area contributed by atoms with Crippen molar-refractivity contribution in [3.63, 3.8) is 0 Å². The van der Waals surface area contributed by atoms with Crippen molar-refractivity contribution in [3.05, 3.63) is 18.2 Å². The predicted molar refractivity (Wildman–Crippen MR) is 78.6 cm³/mol. The van der Waals surface area contributed by atoms with E-state index in [2.05, 4.69) is 4.72 Å². The summed E-state index contributed by atoms with van der Waals surface area (Å²) in [6, 6.07) is 3.30. The van der Waals surface area contributed by atoms with Gasteiger partial charge >= 0.3 is 5.97 Å². The van der Waals surface area contributed by atoms with Crippen LogP contribution in [0.25, 0.3) is 0 Å². The maximum absolute atomic E-state index is 12.5. The zero-order chi connectivity index (χ0) is 16.3. The third-order valence-electron chi connectivity index (χ3n) is 3.58. The summed E-state index contributed by atoms with van der Waals surface area (Å²) in [4.78, 5) is 11.2. The third kappa shape index (κ3) is 3.33. The van der Waals surface area contributed by atoms with Gasteiger partial charge in [0.2, 0.25) is 10.0 Å². The summed E-state index contributed by atoms with van der Waals surface area (Å²) in [5.41, 5.74) is 0. The molecule has 1 aromatic carbocycles. The molecule has 2 atom stereocenters. The van der Waals surface area contributed by atoms with Gasteiger partial charge in [-0.15, -0.1) is 0 Å². The second-order valence-corrected chi connectivity index (χ2v) is 6.79. The van der Waals surface area contributed by atoms with Gasteiger partial charge in [-0.3, -0.25) is 4.79 Å². The van der Waals surface area contributed by atoms with Crippen LogP contribution in [0.3, 0.4) is 0 Å². The second-order valence-electron chi connectivity index (χ2n) is 5.10. The molecule has 8 heteroatoms. The van der Waals surface area contributed by atoms with Crippen LogP contribution in [0.1, 0.15) is 20.3 Å². The van der Waals surface area contributed by atoms with Gasteiger partial charge in [0.1, 0.15) is 24.2 Å². The lowest BCUT2D eigenvalue weighted by atomic mass is 10.0. The molecule has 0 fully saturated rings. The molecular formula is C14H19NO6S. The Hall–Kier alpha value is -1.80. The van der Waals surface area contributed by atoms with E-state index in [-0.39, 0.29) is 23.2 Å². The minimum Gasteiger partial charge on any atom is -0.486 e. The summed E-state index contributed by atoms with van der Waals surface area (Å²) in [5.74, 6) is -1.09. The lowest BCUT2D eigenvalue weighted by Crippen LogP contribution is -2.45. The maximum Gasteiger partial charge on any atom is 0.322 e. The zero-order valence-electron chi connectivity index (χ0n) is 12.4. The molecule has 0 radical (unpaired) electrons. The molecule has 0 saturated carbocycles. The first kappa shape index (κ1) is 16.6. The highest BCUT2D eigenvalue weighted by molar-refractivity contribution is 7.89. The lowest BCUT2D eigenvalue weighted by molar-refractivity contribution is -0.140. The van der Waals surface area contributed by atoms with Crippen molar-refractivity contribution in [2.24, 2.45) is 5.92 Å². The highest BCUT2D eigenvalue weighted by Gasteiger charge is 2.32. The fourth-order valence-electron chi connectivity index (χ4n) is 2.13. The maximum atomic E-state index is 12.5. The monoisotopic (exact) mass is 329 g/mol. The van der Waals surface area contributed by atoms with Crippen molar-refractivity contribution in [2.45, 2.75) is 31.2 Å². The molecule has 2 rings (SSSR count). The van der Waals surface area contributed by atoms with Crippen LogP contribution in [0.15, 0.2) is 23.1 Å². The standard InChI is InChI=1S/C14H19NO6S/c1-3-9(2)12(14(16)17)15-22(18,19)11-6-4-5-10-13(11)21-8-7-20-10/h4-6,9,12,15H,3,7-8H2,1-2H3,(H,16,17)/t9-,12-/m0/s1. The molecule has 7 nitrogen and oxygen atoms in total. The summed E-state index contributed by atoms with van der Waals surface area (Å²) in [6.07, 6.45) is 0.534. The van der Waals surface area contributed by atoms with Crippen LogP contribution >= 0.6 is 0 Å². The first-order valence-corrected chi connectivity index (χ1v) is 8.49. The molecule has 0 spiro atoms. The summed E-state index contributed by atoms with van der Waals surface area (Å²) < 4.78 is 38.0. The number of nitrogens with one attached hydrogen (secondary N) is 1. The van der Waals surface area contributed by atoms with Crippen LogP contribution < -0.4 is 14.2 Å². The second kappa shape index (κ2) is 6.53. The Morgan fingerprint density at radius 2 is 2.05 bits per heavy atom. The first-order chi connectivity index (χ1) is 10.4. The highest BCUT2D eigenvalue weighted by atomic mass is 32.2. The topological polar surface area (TPSA) is 102 Å². The largest absolute Gasteiger partial charge is 0.486 e. The van der Waals surface area contributed by atoms with E-state index in [0.29, 0.717) is 18.8 Å². The zero-order valence-corrected chi connectivity index (χ0v) is 13.2. The predicted octanol–water partition coefficient (Wildman–Crippen LogP) is 1.24. The van der Waals surface area contributed by atoms with E-state index < -0.39 is 22.0 Å². The normalized spacial score (nSPS) is 16.8. The molecule has 1 aliphatic rings. The van der Waals surface area contributed by atoms with Crippen molar-refractivity contribution < 1.29 is 27.8 Å². The molecule has 1 heterocycles. The number of ether oxygens (including phenoxy) is 2. The summed E-state index contributed by atoms with van der Waals surface area (Å²) in [5, 5.41) is 9.24.